The van der Waals surface area contributed by atoms with Crippen LogP contribution in [0.5, 0.6) is 11.5 Å². The highest BCUT2D eigenvalue weighted by Gasteiger charge is 2.18. The van der Waals surface area contributed by atoms with E-state index < -0.39 is 17.2 Å². The van der Waals surface area contributed by atoms with Crippen molar-refractivity contribution in [3.05, 3.63) is 86.2 Å². The van der Waals surface area contributed by atoms with Crippen molar-refractivity contribution < 1.29 is 14.3 Å². The number of aromatic amines is 1. The Morgan fingerprint density at radius 3 is 2.76 bits per heavy atom. The first-order chi connectivity index (χ1) is 14.1. The maximum absolute atomic E-state index is 12.8. The molecule has 1 amide bonds. The number of carbonyl (C=O) groups is 1. The monoisotopic (exact) mass is 393 g/mol. The lowest BCUT2D eigenvalue weighted by Crippen LogP contribution is -2.39. The fourth-order valence-electron chi connectivity index (χ4n) is 3.18. The number of ether oxygens (including phenoxy) is 2. The molecule has 4 rings (SSSR count). The molecule has 8 heteroatoms. The number of amides is 1. The quantitative estimate of drug-likeness (QED) is 0.691. The van der Waals surface area contributed by atoms with Crippen LogP contribution in [-0.4, -0.2) is 22.3 Å². The summed E-state index contributed by atoms with van der Waals surface area (Å²) in [6, 6.07) is 12.5. The standard InChI is InChI=1S/C21H19N3O5/c1-2-14-5-3-4-6-16(14)23-19(25)15-10-22-21(27)24(20(15)26)11-13-7-8-17-18(9-13)29-12-28-17/h3-10H,2,11-12H2,1H3,(H,22,27)(H,23,25). The number of H-pyrrole nitrogens is 1. The van der Waals surface area contributed by atoms with Crippen molar-refractivity contribution in [3.63, 3.8) is 0 Å². The van der Waals surface area contributed by atoms with Gasteiger partial charge in [-0.1, -0.05) is 31.2 Å². The van der Waals surface area contributed by atoms with E-state index in [0.717, 1.165) is 22.7 Å². The molecule has 0 saturated heterocycles. The summed E-state index contributed by atoms with van der Waals surface area (Å²) in [7, 11) is 0. The van der Waals surface area contributed by atoms with E-state index >= 15 is 0 Å². The van der Waals surface area contributed by atoms with Crippen molar-refractivity contribution in [2.75, 3.05) is 12.1 Å². The van der Waals surface area contributed by atoms with Gasteiger partial charge in [0.25, 0.3) is 11.5 Å². The van der Waals surface area contributed by atoms with E-state index in [1.807, 2.05) is 19.1 Å². The molecule has 1 aromatic heterocycles. The molecule has 0 atom stereocenters. The summed E-state index contributed by atoms with van der Waals surface area (Å²) in [6.07, 6.45) is 1.88. The van der Waals surface area contributed by atoms with E-state index in [0.29, 0.717) is 22.7 Å². The van der Waals surface area contributed by atoms with E-state index in [2.05, 4.69) is 10.3 Å². The first kappa shape index (κ1) is 18.5. The van der Waals surface area contributed by atoms with E-state index in [4.69, 9.17) is 9.47 Å². The molecule has 29 heavy (non-hydrogen) atoms. The molecule has 0 saturated carbocycles. The predicted octanol–water partition coefficient (Wildman–Crippen LogP) is 2.13. The van der Waals surface area contributed by atoms with Gasteiger partial charge in [0, 0.05) is 11.9 Å². The number of anilines is 1. The smallest absolute Gasteiger partial charge is 0.328 e. The Bertz CT molecular complexity index is 1200. The van der Waals surface area contributed by atoms with Gasteiger partial charge < -0.3 is 19.8 Å². The first-order valence-corrected chi connectivity index (χ1v) is 9.17. The van der Waals surface area contributed by atoms with Crippen molar-refractivity contribution in [2.45, 2.75) is 19.9 Å². The van der Waals surface area contributed by atoms with E-state index in [9.17, 15) is 14.4 Å². The van der Waals surface area contributed by atoms with Crippen LogP contribution in [0, 0.1) is 0 Å². The molecule has 0 bridgehead atoms. The van der Waals surface area contributed by atoms with Crippen LogP contribution in [0.25, 0.3) is 0 Å². The molecule has 2 aromatic carbocycles. The van der Waals surface area contributed by atoms with Crippen LogP contribution in [0.4, 0.5) is 5.69 Å². The van der Waals surface area contributed by atoms with E-state index in [-0.39, 0.29) is 18.9 Å². The fourth-order valence-corrected chi connectivity index (χ4v) is 3.18. The van der Waals surface area contributed by atoms with Gasteiger partial charge >= 0.3 is 5.69 Å². The summed E-state index contributed by atoms with van der Waals surface area (Å²) >= 11 is 0. The van der Waals surface area contributed by atoms with Gasteiger partial charge in [-0.3, -0.25) is 14.2 Å². The fraction of sp³-hybridized carbons (Fsp3) is 0.190. The second-order valence-corrected chi connectivity index (χ2v) is 6.55. The first-order valence-electron chi connectivity index (χ1n) is 9.17. The van der Waals surface area contributed by atoms with Crippen LogP contribution in [0.3, 0.4) is 0 Å². The number of nitrogens with zero attached hydrogens (tertiary/aromatic N) is 1. The number of hydrogen-bond acceptors (Lipinski definition) is 5. The Morgan fingerprint density at radius 1 is 1.14 bits per heavy atom. The molecule has 8 nitrogen and oxygen atoms in total. The Hall–Kier alpha value is -3.81. The number of fused-ring (bicyclic) bond motifs is 1. The summed E-state index contributed by atoms with van der Waals surface area (Å²) in [5.74, 6) is 0.585. The maximum atomic E-state index is 12.8. The highest BCUT2D eigenvalue weighted by molar-refractivity contribution is 6.04. The molecular weight excluding hydrogens is 374 g/mol. The van der Waals surface area contributed by atoms with Gasteiger partial charge in [0.15, 0.2) is 11.5 Å². The molecule has 0 aliphatic carbocycles. The summed E-state index contributed by atoms with van der Waals surface area (Å²) in [6.45, 7) is 2.11. The Morgan fingerprint density at radius 2 is 1.93 bits per heavy atom. The highest BCUT2D eigenvalue weighted by Crippen LogP contribution is 2.32. The van der Waals surface area contributed by atoms with Crippen LogP contribution in [-0.2, 0) is 13.0 Å². The van der Waals surface area contributed by atoms with Crippen LogP contribution < -0.4 is 26.0 Å². The van der Waals surface area contributed by atoms with Gasteiger partial charge in [-0.2, -0.15) is 0 Å². The zero-order valence-electron chi connectivity index (χ0n) is 15.7. The predicted molar refractivity (Wildman–Crippen MR) is 107 cm³/mol. The minimum atomic E-state index is -0.669. The largest absolute Gasteiger partial charge is 0.454 e. The average molecular weight is 393 g/mol. The minimum Gasteiger partial charge on any atom is -0.454 e. The third kappa shape index (κ3) is 3.64. The SMILES string of the molecule is CCc1ccccc1NC(=O)c1c[nH]c(=O)n(Cc2ccc3c(c2)OCO3)c1=O. The van der Waals surface area contributed by atoms with Crippen molar-refractivity contribution in [2.24, 2.45) is 0 Å². The number of benzene rings is 2. The maximum Gasteiger partial charge on any atom is 0.328 e. The summed E-state index contributed by atoms with van der Waals surface area (Å²) < 4.78 is 11.6. The number of para-hydroxylation sites is 1. The van der Waals surface area contributed by atoms with Gasteiger partial charge in [-0.25, -0.2) is 4.79 Å². The number of aromatic nitrogens is 2. The third-order valence-corrected chi connectivity index (χ3v) is 4.73. The van der Waals surface area contributed by atoms with E-state index in [1.54, 1.807) is 30.3 Å². The summed E-state index contributed by atoms with van der Waals surface area (Å²) in [5, 5.41) is 2.75. The van der Waals surface area contributed by atoms with E-state index in [1.165, 1.54) is 0 Å². The number of rotatable bonds is 5. The lowest BCUT2D eigenvalue weighted by atomic mass is 10.1. The second kappa shape index (κ2) is 7.67. The average Bonchev–Trinajstić information content (AvgIpc) is 3.19. The number of carbonyl (C=O) groups excluding carboxylic acids is 1. The van der Waals surface area contributed by atoms with Gasteiger partial charge in [0.1, 0.15) is 5.56 Å². The third-order valence-electron chi connectivity index (χ3n) is 4.73. The molecular formula is C21H19N3O5. The Kier molecular flexibility index (Phi) is 4.90. The molecule has 1 aliphatic rings. The summed E-state index contributed by atoms with van der Waals surface area (Å²) in [4.78, 5) is 40.2. The molecule has 0 fully saturated rings. The second-order valence-electron chi connectivity index (χ2n) is 6.55. The van der Waals surface area contributed by atoms with Gasteiger partial charge in [-0.15, -0.1) is 0 Å². The van der Waals surface area contributed by atoms with Gasteiger partial charge in [0.05, 0.1) is 6.54 Å². The summed E-state index contributed by atoms with van der Waals surface area (Å²) in [5.41, 5.74) is 0.849. The van der Waals surface area contributed by atoms with Gasteiger partial charge in [-0.05, 0) is 35.7 Å². The van der Waals surface area contributed by atoms with Crippen LogP contribution in [0.15, 0.2) is 58.3 Å². The van der Waals surface area contributed by atoms with Crippen LogP contribution >= 0.6 is 0 Å². The number of nitrogens with one attached hydrogen (secondary N) is 2. The molecule has 148 valence electrons. The molecule has 2 heterocycles. The van der Waals surface area contributed by atoms with Gasteiger partial charge in [0.2, 0.25) is 6.79 Å². The zero-order valence-corrected chi connectivity index (χ0v) is 15.7. The van der Waals surface area contributed by atoms with Crippen molar-refractivity contribution >= 4 is 11.6 Å². The van der Waals surface area contributed by atoms with Crippen molar-refractivity contribution in [3.8, 4) is 11.5 Å². The molecule has 1 aliphatic heterocycles. The van der Waals surface area contributed by atoms with Crippen molar-refractivity contribution in [1.29, 1.82) is 0 Å². The normalized spacial score (nSPS) is 12.0. The number of aryl methyl sites for hydroxylation is 1. The highest BCUT2D eigenvalue weighted by atomic mass is 16.7. The molecule has 0 radical (unpaired) electrons. The Balaban J connectivity index is 1.64. The topological polar surface area (TPSA) is 102 Å². The molecule has 0 spiro atoms. The molecule has 3 aromatic rings. The van der Waals surface area contributed by atoms with Crippen molar-refractivity contribution in [1.82, 2.24) is 9.55 Å². The Labute approximate surface area is 165 Å². The lowest BCUT2D eigenvalue weighted by Gasteiger charge is -2.11. The number of hydrogen-bond donors (Lipinski definition) is 2. The zero-order chi connectivity index (χ0) is 20.4. The molecule has 2 N–H and O–H groups in total. The van der Waals surface area contributed by atoms with Crippen LogP contribution in [0.1, 0.15) is 28.4 Å². The van der Waals surface area contributed by atoms with Crippen LogP contribution in [0.2, 0.25) is 0 Å². The molecule has 0 unspecified atom stereocenters. The minimum absolute atomic E-state index is 0.00251. The lowest BCUT2D eigenvalue weighted by molar-refractivity contribution is 0.102.